The molecule has 4 heteroatoms. The second-order valence-electron chi connectivity index (χ2n) is 2.96. The second-order valence-corrected chi connectivity index (χ2v) is 3.48. The molecular weight excluding hydrogens is 182 g/mol. The van der Waals surface area contributed by atoms with Gasteiger partial charge in [0.1, 0.15) is 0 Å². The Balaban J connectivity index is 2.90. The quantitative estimate of drug-likeness (QED) is 0.740. The van der Waals surface area contributed by atoms with E-state index in [0.717, 1.165) is 18.5 Å². The van der Waals surface area contributed by atoms with Gasteiger partial charge in [-0.25, -0.2) is 0 Å². The Hall–Kier alpha value is -0.900. The van der Waals surface area contributed by atoms with E-state index in [-0.39, 0.29) is 0 Å². The summed E-state index contributed by atoms with van der Waals surface area (Å²) in [6, 6.07) is 2.11. The molecule has 0 saturated heterocycles. The smallest absolute Gasteiger partial charge is 0.0946 e. The van der Waals surface area contributed by atoms with Crippen LogP contribution >= 0.6 is 12.2 Å². The largest absolute Gasteiger partial charge is 0.392 e. The van der Waals surface area contributed by atoms with Crippen molar-refractivity contribution in [2.24, 2.45) is 5.73 Å². The van der Waals surface area contributed by atoms with Crippen molar-refractivity contribution >= 4 is 17.2 Å². The topological polar surface area (TPSA) is 43.8 Å². The van der Waals surface area contributed by atoms with Crippen molar-refractivity contribution in [1.82, 2.24) is 9.78 Å². The van der Waals surface area contributed by atoms with E-state index in [1.54, 1.807) is 0 Å². The molecule has 1 aromatic heterocycles. The Morgan fingerprint density at radius 2 is 2.23 bits per heavy atom. The van der Waals surface area contributed by atoms with E-state index in [1.165, 1.54) is 5.69 Å². The number of nitrogens with two attached hydrogens (primary N) is 1. The number of nitrogens with zero attached hydrogens (tertiary/aromatic N) is 2. The van der Waals surface area contributed by atoms with Crippen LogP contribution in [0.1, 0.15) is 25.2 Å². The monoisotopic (exact) mass is 197 g/mol. The first-order valence-corrected chi connectivity index (χ1v) is 4.92. The Bertz CT molecular complexity index is 304. The van der Waals surface area contributed by atoms with Crippen molar-refractivity contribution < 1.29 is 0 Å². The van der Waals surface area contributed by atoms with Crippen LogP contribution in [0.3, 0.4) is 0 Å². The van der Waals surface area contributed by atoms with Crippen LogP contribution in [0.2, 0.25) is 0 Å². The van der Waals surface area contributed by atoms with Crippen LogP contribution in [0.25, 0.3) is 0 Å². The lowest BCUT2D eigenvalue weighted by Gasteiger charge is -2.02. The molecular formula is C9H15N3S. The number of hydrogen-bond acceptors (Lipinski definition) is 2. The maximum absolute atomic E-state index is 5.47. The summed E-state index contributed by atoms with van der Waals surface area (Å²) in [7, 11) is 0. The molecule has 0 radical (unpaired) electrons. The third-order valence-corrected chi connectivity index (χ3v) is 2.07. The van der Waals surface area contributed by atoms with E-state index >= 15 is 0 Å². The summed E-state index contributed by atoms with van der Waals surface area (Å²) in [6.45, 7) is 4.75. The predicted molar refractivity (Wildman–Crippen MR) is 57.8 cm³/mol. The molecule has 13 heavy (non-hydrogen) atoms. The van der Waals surface area contributed by atoms with Gasteiger partial charge >= 0.3 is 0 Å². The first-order valence-electron chi connectivity index (χ1n) is 4.51. The first-order chi connectivity index (χ1) is 6.17. The molecule has 0 amide bonds. The zero-order valence-corrected chi connectivity index (χ0v) is 8.90. The molecule has 0 saturated carbocycles. The summed E-state index contributed by atoms with van der Waals surface area (Å²) >= 11 is 4.85. The molecule has 0 atom stereocenters. The van der Waals surface area contributed by atoms with Gasteiger partial charge < -0.3 is 5.73 Å². The normalized spacial score (nSPS) is 10.3. The highest BCUT2D eigenvalue weighted by atomic mass is 32.1. The highest BCUT2D eigenvalue weighted by molar-refractivity contribution is 7.80. The summed E-state index contributed by atoms with van der Waals surface area (Å²) in [4.78, 5) is 0.487. The SMILES string of the molecule is CCc1cc(CC)n(CC(N)=S)n1. The van der Waals surface area contributed by atoms with Crippen molar-refractivity contribution in [3.63, 3.8) is 0 Å². The van der Waals surface area contributed by atoms with Crippen LogP contribution in [0.5, 0.6) is 0 Å². The van der Waals surface area contributed by atoms with Crippen LogP contribution in [0.4, 0.5) is 0 Å². The zero-order chi connectivity index (χ0) is 9.84. The van der Waals surface area contributed by atoms with Crippen LogP contribution in [0, 0.1) is 0 Å². The average Bonchev–Trinajstić information content (AvgIpc) is 2.46. The molecule has 0 spiro atoms. The van der Waals surface area contributed by atoms with Gasteiger partial charge in [0.2, 0.25) is 0 Å². The molecule has 3 nitrogen and oxygen atoms in total. The summed E-state index contributed by atoms with van der Waals surface area (Å²) < 4.78 is 1.89. The summed E-state index contributed by atoms with van der Waals surface area (Å²) in [6.07, 6.45) is 1.92. The lowest BCUT2D eigenvalue weighted by molar-refractivity contribution is 0.672. The first kappa shape index (κ1) is 10.2. The molecule has 1 heterocycles. The van der Waals surface area contributed by atoms with Gasteiger partial charge in [-0.15, -0.1) is 0 Å². The Labute approximate surface area is 83.9 Å². The Morgan fingerprint density at radius 1 is 1.54 bits per heavy atom. The van der Waals surface area contributed by atoms with Gasteiger partial charge in [-0.3, -0.25) is 4.68 Å². The third kappa shape index (κ3) is 2.52. The number of rotatable bonds is 4. The zero-order valence-electron chi connectivity index (χ0n) is 8.08. The fraction of sp³-hybridized carbons (Fsp3) is 0.556. The molecule has 0 aliphatic carbocycles. The van der Waals surface area contributed by atoms with Crippen LogP contribution in [0.15, 0.2) is 6.07 Å². The molecule has 1 rings (SSSR count). The van der Waals surface area contributed by atoms with Gasteiger partial charge in [0.25, 0.3) is 0 Å². The summed E-state index contributed by atoms with van der Waals surface area (Å²) in [5.41, 5.74) is 7.77. The molecule has 1 aromatic rings. The molecule has 0 bridgehead atoms. The number of hydrogen-bond donors (Lipinski definition) is 1. The number of aromatic nitrogens is 2. The van der Waals surface area contributed by atoms with E-state index in [9.17, 15) is 0 Å². The highest BCUT2D eigenvalue weighted by Gasteiger charge is 2.05. The number of thiocarbonyl (C=S) groups is 1. The van der Waals surface area contributed by atoms with Gasteiger partial charge in [-0.2, -0.15) is 5.10 Å². The van der Waals surface area contributed by atoms with E-state index < -0.39 is 0 Å². The van der Waals surface area contributed by atoms with Crippen molar-refractivity contribution in [1.29, 1.82) is 0 Å². The van der Waals surface area contributed by atoms with Crippen molar-refractivity contribution in [2.75, 3.05) is 0 Å². The fourth-order valence-corrected chi connectivity index (χ4v) is 1.38. The maximum atomic E-state index is 5.47. The summed E-state index contributed by atoms with van der Waals surface area (Å²) in [5, 5.41) is 4.39. The van der Waals surface area contributed by atoms with Gasteiger partial charge in [-0.1, -0.05) is 26.1 Å². The van der Waals surface area contributed by atoms with E-state index in [1.807, 2.05) is 4.68 Å². The molecule has 0 aliphatic heterocycles. The second kappa shape index (κ2) is 4.37. The minimum Gasteiger partial charge on any atom is -0.392 e. The van der Waals surface area contributed by atoms with Crippen molar-refractivity contribution in [3.05, 3.63) is 17.5 Å². The van der Waals surface area contributed by atoms with Gasteiger partial charge in [-0.05, 0) is 18.9 Å². The van der Waals surface area contributed by atoms with Crippen molar-refractivity contribution in [2.45, 2.75) is 33.2 Å². The van der Waals surface area contributed by atoms with Crippen LogP contribution in [-0.2, 0) is 19.4 Å². The fourth-order valence-electron chi connectivity index (χ4n) is 1.26. The minimum absolute atomic E-state index is 0.487. The third-order valence-electron chi connectivity index (χ3n) is 1.94. The molecule has 0 fully saturated rings. The molecule has 0 unspecified atom stereocenters. The number of aryl methyl sites for hydroxylation is 2. The lowest BCUT2D eigenvalue weighted by Crippen LogP contribution is -2.19. The van der Waals surface area contributed by atoms with Crippen LogP contribution in [-0.4, -0.2) is 14.8 Å². The van der Waals surface area contributed by atoms with E-state index in [0.29, 0.717) is 11.5 Å². The van der Waals surface area contributed by atoms with Gasteiger partial charge in [0.15, 0.2) is 0 Å². The highest BCUT2D eigenvalue weighted by Crippen LogP contribution is 2.05. The lowest BCUT2D eigenvalue weighted by atomic mass is 10.3. The van der Waals surface area contributed by atoms with Crippen molar-refractivity contribution in [3.8, 4) is 0 Å². The van der Waals surface area contributed by atoms with E-state index in [4.69, 9.17) is 18.0 Å². The Morgan fingerprint density at radius 3 is 2.69 bits per heavy atom. The maximum Gasteiger partial charge on any atom is 0.0946 e. The molecule has 2 N–H and O–H groups in total. The molecule has 0 aliphatic rings. The van der Waals surface area contributed by atoms with Gasteiger partial charge in [0, 0.05) is 5.69 Å². The molecule has 72 valence electrons. The van der Waals surface area contributed by atoms with Crippen LogP contribution < -0.4 is 5.73 Å². The van der Waals surface area contributed by atoms with E-state index in [2.05, 4.69) is 25.0 Å². The standard InChI is InChI=1S/C9H15N3S/c1-3-7-5-8(4-2)12(11-7)6-9(10)13/h5H,3-4,6H2,1-2H3,(H2,10,13). The average molecular weight is 197 g/mol. The minimum atomic E-state index is 0.487. The Kier molecular flexibility index (Phi) is 3.42. The predicted octanol–water partition coefficient (Wildman–Crippen LogP) is 1.29. The molecule has 0 aromatic carbocycles. The summed E-state index contributed by atoms with van der Waals surface area (Å²) in [5.74, 6) is 0. The van der Waals surface area contributed by atoms with Gasteiger partial charge in [0.05, 0.1) is 17.2 Å².